The molecule has 2 heterocycles. The van der Waals surface area contributed by atoms with E-state index < -0.39 is 0 Å². The van der Waals surface area contributed by atoms with E-state index in [1.165, 1.54) is 10.7 Å². The first-order valence-corrected chi connectivity index (χ1v) is 5.05. The third-order valence-electron chi connectivity index (χ3n) is 1.77. The highest BCUT2D eigenvalue weighted by Crippen LogP contribution is 2.01. The van der Waals surface area contributed by atoms with Gasteiger partial charge in [-0.1, -0.05) is 0 Å². The molecule has 0 saturated heterocycles. The molecule has 2 aromatic rings. The zero-order chi connectivity index (χ0) is 10.7. The van der Waals surface area contributed by atoms with Crippen LogP contribution in [0.15, 0.2) is 39.9 Å². The van der Waals surface area contributed by atoms with Crippen LogP contribution < -0.4 is 5.56 Å². The second-order valence-corrected chi connectivity index (χ2v) is 3.68. The maximum absolute atomic E-state index is 11.4. The molecule has 0 aliphatic carbocycles. The second kappa shape index (κ2) is 4.31. The molecule has 0 unspecified atom stereocenters. The van der Waals surface area contributed by atoms with E-state index in [0.29, 0.717) is 16.8 Å². The summed E-state index contributed by atoms with van der Waals surface area (Å²) in [4.78, 5) is 11.4. The molecule has 0 radical (unpaired) electrons. The first-order valence-electron chi connectivity index (χ1n) is 4.26. The molecule has 5 nitrogen and oxygen atoms in total. The summed E-state index contributed by atoms with van der Waals surface area (Å²) in [5, 5.41) is 11.6. The Labute approximate surface area is 93.9 Å². The lowest BCUT2D eigenvalue weighted by molar-refractivity contribution is 0.614. The lowest BCUT2D eigenvalue weighted by Gasteiger charge is -2.02. The van der Waals surface area contributed by atoms with Crippen LogP contribution >= 0.6 is 15.9 Å². The Morgan fingerprint density at radius 3 is 2.93 bits per heavy atom. The molecule has 0 bridgehead atoms. The van der Waals surface area contributed by atoms with E-state index in [1.54, 1.807) is 24.4 Å². The van der Waals surface area contributed by atoms with Crippen molar-refractivity contribution in [1.29, 1.82) is 0 Å². The number of halogens is 1. The molecule has 0 spiro atoms. The van der Waals surface area contributed by atoms with Gasteiger partial charge in [-0.15, -0.1) is 0 Å². The van der Waals surface area contributed by atoms with Crippen molar-refractivity contribution in [1.82, 2.24) is 20.0 Å². The summed E-state index contributed by atoms with van der Waals surface area (Å²) in [5.74, 6) is 0. The highest BCUT2D eigenvalue weighted by atomic mass is 79.9. The molecule has 76 valence electrons. The fourth-order valence-corrected chi connectivity index (χ4v) is 1.43. The van der Waals surface area contributed by atoms with Crippen molar-refractivity contribution in [2.24, 2.45) is 0 Å². The normalized spacial score (nSPS) is 10.2. The zero-order valence-electron chi connectivity index (χ0n) is 7.67. The fraction of sp³-hybridized carbons (Fsp3) is 0.111. The van der Waals surface area contributed by atoms with Crippen LogP contribution in [0.4, 0.5) is 0 Å². The van der Waals surface area contributed by atoms with Crippen molar-refractivity contribution < 1.29 is 0 Å². The minimum Gasteiger partial charge on any atom is -0.268 e. The van der Waals surface area contributed by atoms with Crippen LogP contribution in [0.3, 0.4) is 0 Å². The van der Waals surface area contributed by atoms with Crippen LogP contribution in [0, 0.1) is 0 Å². The Kier molecular flexibility index (Phi) is 2.86. The van der Waals surface area contributed by atoms with Crippen LogP contribution in [-0.2, 0) is 6.54 Å². The first-order chi connectivity index (χ1) is 7.25. The van der Waals surface area contributed by atoms with Crippen LogP contribution in [0.5, 0.6) is 0 Å². The van der Waals surface area contributed by atoms with Crippen LogP contribution in [0.2, 0.25) is 0 Å². The number of hydrogen-bond donors (Lipinski definition) is 0. The van der Waals surface area contributed by atoms with Gasteiger partial charge >= 0.3 is 0 Å². The Morgan fingerprint density at radius 2 is 2.20 bits per heavy atom. The summed E-state index contributed by atoms with van der Waals surface area (Å²) in [5.41, 5.74) is 0.536. The lowest BCUT2D eigenvalue weighted by Crippen LogP contribution is -2.22. The smallest absolute Gasteiger partial charge is 0.267 e. The third kappa shape index (κ3) is 2.47. The van der Waals surface area contributed by atoms with Crippen LogP contribution in [-0.4, -0.2) is 20.0 Å². The van der Waals surface area contributed by atoms with Crippen molar-refractivity contribution in [2.45, 2.75) is 6.54 Å². The monoisotopic (exact) mass is 266 g/mol. The van der Waals surface area contributed by atoms with Crippen molar-refractivity contribution in [3.63, 3.8) is 0 Å². The molecule has 2 aromatic heterocycles. The number of aromatic nitrogens is 4. The largest absolute Gasteiger partial charge is 0.268 e. The summed E-state index contributed by atoms with van der Waals surface area (Å²) in [6.07, 6.45) is 1.58. The summed E-state index contributed by atoms with van der Waals surface area (Å²) >= 11 is 3.20. The predicted octanol–water partition coefficient (Wildman–Crippen LogP) is 0.844. The van der Waals surface area contributed by atoms with Gasteiger partial charge in [-0.25, -0.2) is 4.68 Å². The highest BCUT2D eigenvalue weighted by molar-refractivity contribution is 9.10. The van der Waals surface area contributed by atoms with E-state index in [2.05, 4.69) is 31.2 Å². The van der Waals surface area contributed by atoms with Crippen molar-refractivity contribution in [3.8, 4) is 0 Å². The van der Waals surface area contributed by atoms with Gasteiger partial charge in [0.25, 0.3) is 5.56 Å². The molecule has 0 aliphatic rings. The summed E-state index contributed by atoms with van der Waals surface area (Å²) in [6, 6.07) is 6.62. The standard InChI is InChI=1S/C9H7BrN4O/c10-8-3-4-9(15)14(13-8)6-7-2-1-5-11-12-7/h1-5H,6H2. The molecule has 2 rings (SSSR count). The van der Waals surface area contributed by atoms with Gasteiger partial charge in [-0.2, -0.15) is 15.3 Å². The van der Waals surface area contributed by atoms with Crippen LogP contribution in [0.1, 0.15) is 5.69 Å². The molecular weight excluding hydrogens is 260 g/mol. The zero-order valence-corrected chi connectivity index (χ0v) is 9.25. The SMILES string of the molecule is O=c1ccc(Br)nn1Cc1cccnn1. The first kappa shape index (κ1) is 9.97. The van der Waals surface area contributed by atoms with E-state index in [1.807, 2.05) is 0 Å². The van der Waals surface area contributed by atoms with Gasteiger partial charge in [-0.05, 0) is 34.1 Å². The Hall–Kier alpha value is -1.56. The van der Waals surface area contributed by atoms with Gasteiger partial charge in [-0.3, -0.25) is 4.79 Å². The molecule has 15 heavy (non-hydrogen) atoms. The van der Waals surface area contributed by atoms with Gasteiger partial charge in [0.1, 0.15) is 4.60 Å². The van der Waals surface area contributed by atoms with Crippen molar-refractivity contribution in [2.75, 3.05) is 0 Å². The van der Waals surface area contributed by atoms with E-state index in [4.69, 9.17) is 0 Å². The number of nitrogens with zero attached hydrogens (tertiary/aromatic N) is 4. The van der Waals surface area contributed by atoms with Gasteiger partial charge in [0.15, 0.2) is 0 Å². The van der Waals surface area contributed by atoms with Gasteiger partial charge < -0.3 is 0 Å². The quantitative estimate of drug-likeness (QED) is 0.809. The van der Waals surface area contributed by atoms with E-state index in [0.717, 1.165) is 0 Å². The van der Waals surface area contributed by atoms with E-state index in [9.17, 15) is 4.79 Å². The molecule has 0 aromatic carbocycles. The van der Waals surface area contributed by atoms with Gasteiger partial charge in [0, 0.05) is 12.3 Å². The number of rotatable bonds is 2. The average Bonchev–Trinajstić information content (AvgIpc) is 2.25. The van der Waals surface area contributed by atoms with Gasteiger partial charge in [0.2, 0.25) is 0 Å². The minimum atomic E-state index is -0.163. The van der Waals surface area contributed by atoms with Crippen molar-refractivity contribution >= 4 is 15.9 Å². The molecule has 0 fully saturated rings. The molecule has 0 aliphatic heterocycles. The topological polar surface area (TPSA) is 60.7 Å². The highest BCUT2D eigenvalue weighted by Gasteiger charge is 2.00. The summed E-state index contributed by atoms with van der Waals surface area (Å²) < 4.78 is 1.94. The predicted molar refractivity (Wildman–Crippen MR) is 57.3 cm³/mol. The molecular formula is C9H7BrN4O. The van der Waals surface area contributed by atoms with E-state index >= 15 is 0 Å². The maximum atomic E-state index is 11.4. The Bertz CT molecular complexity index is 511. The summed E-state index contributed by atoms with van der Waals surface area (Å²) in [7, 11) is 0. The summed E-state index contributed by atoms with van der Waals surface area (Å²) in [6.45, 7) is 0.326. The third-order valence-corrected chi connectivity index (χ3v) is 2.20. The molecule has 0 saturated carbocycles. The van der Waals surface area contributed by atoms with Gasteiger partial charge in [0.05, 0.1) is 12.2 Å². The van der Waals surface area contributed by atoms with E-state index in [-0.39, 0.29) is 5.56 Å². The molecule has 6 heteroatoms. The Morgan fingerprint density at radius 1 is 1.33 bits per heavy atom. The Balaban J connectivity index is 2.32. The average molecular weight is 267 g/mol. The van der Waals surface area contributed by atoms with Crippen molar-refractivity contribution in [3.05, 3.63) is 51.1 Å². The molecule has 0 amide bonds. The number of hydrogen-bond acceptors (Lipinski definition) is 4. The molecule has 0 atom stereocenters. The molecule has 0 N–H and O–H groups in total. The lowest BCUT2D eigenvalue weighted by atomic mass is 10.4. The second-order valence-electron chi connectivity index (χ2n) is 2.87. The van der Waals surface area contributed by atoms with Crippen LogP contribution in [0.25, 0.3) is 0 Å². The fourth-order valence-electron chi connectivity index (χ4n) is 1.11. The minimum absolute atomic E-state index is 0.163. The maximum Gasteiger partial charge on any atom is 0.267 e.